The molecule has 2 aliphatic rings. The molecule has 1 atom stereocenters. The van der Waals surface area contributed by atoms with E-state index in [9.17, 15) is 0 Å². The van der Waals surface area contributed by atoms with E-state index in [1.54, 1.807) is 0 Å². The molecule has 0 radical (unpaired) electrons. The Morgan fingerprint density at radius 3 is 3.04 bits per heavy atom. The fraction of sp³-hybridized carbons (Fsp3) is 0.350. The number of aryl methyl sites for hydroxylation is 1. The van der Waals surface area contributed by atoms with Gasteiger partial charge in [0, 0.05) is 36.6 Å². The molecule has 2 aliphatic heterocycles. The summed E-state index contributed by atoms with van der Waals surface area (Å²) in [4.78, 5) is 7.00. The maximum absolute atomic E-state index is 5.96. The Kier molecular flexibility index (Phi) is 4.42. The van der Waals surface area contributed by atoms with Crippen molar-refractivity contribution in [3.63, 3.8) is 0 Å². The van der Waals surface area contributed by atoms with Gasteiger partial charge in [0.2, 0.25) is 0 Å². The van der Waals surface area contributed by atoms with E-state index in [-0.39, 0.29) is 6.10 Å². The molecule has 2 N–H and O–H groups in total. The predicted octanol–water partition coefficient (Wildman–Crippen LogP) is 2.82. The van der Waals surface area contributed by atoms with Gasteiger partial charge >= 0.3 is 0 Å². The minimum Gasteiger partial charge on any atom is -0.489 e. The number of para-hydroxylation sites is 1. The summed E-state index contributed by atoms with van der Waals surface area (Å²) in [6, 6.07) is 12.0. The van der Waals surface area contributed by atoms with Crippen LogP contribution >= 0.6 is 0 Å². The van der Waals surface area contributed by atoms with Crippen LogP contribution in [0.2, 0.25) is 0 Å². The maximum atomic E-state index is 5.96. The standard InChI is InChI=1S/C20H23N3O2/c1-14-8-17(21)10-18(22-14)20-12-23(6-7-24-20)11-15-9-16-4-2-3-5-19(16)25-13-15/h2-5,8-10,20H,6-7,11-13H2,1H3,(H2,21,22)/t20-/m0/s1. The van der Waals surface area contributed by atoms with Crippen molar-refractivity contribution in [1.29, 1.82) is 0 Å². The summed E-state index contributed by atoms with van der Waals surface area (Å²) in [7, 11) is 0. The summed E-state index contributed by atoms with van der Waals surface area (Å²) in [6.07, 6.45) is 2.21. The minimum atomic E-state index is -0.0339. The number of fused-ring (bicyclic) bond motifs is 1. The van der Waals surface area contributed by atoms with Crippen LogP contribution in [0.25, 0.3) is 6.08 Å². The van der Waals surface area contributed by atoms with Gasteiger partial charge in [0.25, 0.3) is 0 Å². The van der Waals surface area contributed by atoms with Gasteiger partial charge in [0.05, 0.1) is 12.3 Å². The Hall–Kier alpha value is -2.37. The largest absolute Gasteiger partial charge is 0.489 e. The number of pyridine rings is 1. The first-order chi connectivity index (χ1) is 12.2. The first-order valence-corrected chi connectivity index (χ1v) is 8.67. The van der Waals surface area contributed by atoms with Gasteiger partial charge in [-0.1, -0.05) is 18.2 Å². The number of hydrogen-bond acceptors (Lipinski definition) is 5. The van der Waals surface area contributed by atoms with Crippen molar-refractivity contribution >= 4 is 11.8 Å². The number of rotatable bonds is 3. The second-order valence-electron chi connectivity index (χ2n) is 6.69. The molecule has 1 saturated heterocycles. The zero-order chi connectivity index (χ0) is 17.2. The van der Waals surface area contributed by atoms with Gasteiger partial charge in [-0.15, -0.1) is 0 Å². The lowest BCUT2D eigenvalue weighted by Gasteiger charge is -2.34. The zero-order valence-electron chi connectivity index (χ0n) is 14.4. The second kappa shape index (κ2) is 6.86. The monoisotopic (exact) mass is 337 g/mol. The Labute approximate surface area is 148 Å². The first kappa shape index (κ1) is 16.1. The molecular weight excluding hydrogens is 314 g/mol. The molecule has 0 aliphatic carbocycles. The number of ether oxygens (including phenoxy) is 2. The van der Waals surface area contributed by atoms with Crippen LogP contribution in [0, 0.1) is 6.92 Å². The van der Waals surface area contributed by atoms with Crippen molar-refractivity contribution < 1.29 is 9.47 Å². The normalized spacial score (nSPS) is 20.5. The molecule has 0 spiro atoms. The average Bonchev–Trinajstić information content (AvgIpc) is 2.61. The third kappa shape index (κ3) is 3.67. The average molecular weight is 337 g/mol. The van der Waals surface area contributed by atoms with Gasteiger partial charge in [-0.25, -0.2) is 0 Å². The highest BCUT2D eigenvalue weighted by Crippen LogP contribution is 2.27. The maximum Gasteiger partial charge on any atom is 0.127 e. The molecule has 0 saturated carbocycles. The Balaban J connectivity index is 1.46. The van der Waals surface area contributed by atoms with E-state index in [2.05, 4.69) is 22.0 Å². The van der Waals surface area contributed by atoms with E-state index in [0.29, 0.717) is 13.2 Å². The van der Waals surface area contributed by atoms with Crippen molar-refractivity contribution in [2.45, 2.75) is 13.0 Å². The van der Waals surface area contributed by atoms with Crippen molar-refractivity contribution in [2.24, 2.45) is 0 Å². The van der Waals surface area contributed by atoms with Gasteiger partial charge < -0.3 is 15.2 Å². The van der Waals surface area contributed by atoms with Crippen molar-refractivity contribution in [2.75, 3.05) is 38.6 Å². The van der Waals surface area contributed by atoms with Crippen LogP contribution in [0.15, 0.2) is 42.0 Å². The number of anilines is 1. The molecule has 0 bridgehead atoms. The predicted molar refractivity (Wildman–Crippen MR) is 98.4 cm³/mol. The summed E-state index contributed by atoms with van der Waals surface area (Å²) in [6.45, 7) is 5.92. The van der Waals surface area contributed by atoms with Crippen LogP contribution in [-0.2, 0) is 4.74 Å². The molecule has 0 amide bonds. The van der Waals surface area contributed by atoms with Crippen molar-refractivity contribution in [1.82, 2.24) is 9.88 Å². The van der Waals surface area contributed by atoms with Crippen LogP contribution in [0.3, 0.4) is 0 Å². The Bertz CT molecular complexity index is 783. The summed E-state index contributed by atoms with van der Waals surface area (Å²) in [5.74, 6) is 0.963. The lowest BCUT2D eigenvalue weighted by molar-refractivity contribution is -0.0294. The fourth-order valence-electron chi connectivity index (χ4n) is 3.45. The second-order valence-corrected chi connectivity index (χ2v) is 6.69. The van der Waals surface area contributed by atoms with E-state index in [1.807, 2.05) is 37.3 Å². The molecule has 5 nitrogen and oxygen atoms in total. The highest BCUT2D eigenvalue weighted by atomic mass is 16.5. The number of nitrogens with two attached hydrogens (primary N) is 1. The van der Waals surface area contributed by atoms with Gasteiger partial charge in [-0.2, -0.15) is 0 Å². The van der Waals surface area contributed by atoms with Crippen molar-refractivity contribution in [3.8, 4) is 5.75 Å². The van der Waals surface area contributed by atoms with E-state index < -0.39 is 0 Å². The lowest BCUT2D eigenvalue weighted by atomic mass is 10.1. The number of hydrogen-bond donors (Lipinski definition) is 1. The summed E-state index contributed by atoms with van der Waals surface area (Å²) in [5.41, 5.74) is 11.0. The zero-order valence-corrected chi connectivity index (χ0v) is 14.4. The summed E-state index contributed by atoms with van der Waals surface area (Å²) < 4.78 is 11.8. The lowest BCUT2D eigenvalue weighted by Crippen LogP contribution is -2.40. The smallest absolute Gasteiger partial charge is 0.127 e. The van der Waals surface area contributed by atoms with E-state index in [4.69, 9.17) is 15.2 Å². The quantitative estimate of drug-likeness (QED) is 0.933. The first-order valence-electron chi connectivity index (χ1n) is 8.67. The Morgan fingerprint density at radius 2 is 2.16 bits per heavy atom. The van der Waals surface area contributed by atoms with E-state index in [0.717, 1.165) is 48.0 Å². The molecule has 0 unspecified atom stereocenters. The molecule has 1 aromatic carbocycles. The summed E-state index contributed by atoms with van der Waals surface area (Å²) >= 11 is 0. The third-order valence-corrected chi connectivity index (χ3v) is 4.59. The SMILES string of the molecule is Cc1cc(N)cc([C@@H]2CN(CC3=Cc4ccccc4OC3)CCO2)n1. The van der Waals surface area contributed by atoms with Crippen LogP contribution in [-0.4, -0.2) is 42.7 Å². The highest BCUT2D eigenvalue weighted by Gasteiger charge is 2.24. The van der Waals surface area contributed by atoms with Crippen LogP contribution < -0.4 is 10.5 Å². The number of aromatic nitrogens is 1. The topological polar surface area (TPSA) is 60.6 Å². The molecule has 1 fully saturated rings. The molecule has 2 aromatic rings. The molecule has 5 heteroatoms. The van der Waals surface area contributed by atoms with Crippen LogP contribution in [0.5, 0.6) is 5.75 Å². The summed E-state index contributed by atoms with van der Waals surface area (Å²) in [5, 5.41) is 0. The molecule has 25 heavy (non-hydrogen) atoms. The molecule has 4 rings (SSSR count). The van der Waals surface area contributed by atoms with Gasteiger partial charge in [-0.05, 0) is 36.8 Å². The Morgan fingerprint density at radius 1 is 1.28 bits per heavy atom. The molecule has 1 aromatic heterocycles. The number of nitrogen functional groups attached to an aromatic ring is 1. The van der Waals surface area contributed by atoms with Crippen LogP contribution in [0.4, 0.5) is 5.69 Å². The van der Waals surface area contributed by atoms with Crippen LogP contribution in [0.1, 0.15) is 23.1 Å². The number of morpholine rings is 1. The molecule has 3 heterocycles. The van der Waals surface area contributed by atoms with Crippen molar-refractivity contribution in [3.05, 3.63) is 58.9 Å². The molecule has 130 valence electrons. The number of nitrogens with zero attached hydrogens (tertiary/aromatic N) is 2. The number of benzene rings is 1. The van der Waals surface area contributed by atoms with Gasteiger partial charge in [-0.3, -0.25) is 9.88 Å². The molecular formula is C20H23N3O2. The third-order valence-electron chi connectivity index (χ3n) is 4.59. The van der Waals surface area contributed by atoms with E-state index >= 15 is 0 Å². The van der Waals surface area contributed by atoms with Gasteiger partial charge in [0.1, 0.15) is 18.5 Å². The highest BCUT2D eigenvalue weighted by molar-refractivity contribution is 5.62. The fourth-order valence-corrected chi connectivity index (χ4v) is 3.45. The van der Waals surface area contributed by atoms with Gasteiger partial charge in [0.15, 0.2) is 0 Å². The minimum absolute atomic E-state index is 0.0339. The van der Waals surface area contributed by atoms with E-state index in [1.165, 1.54) is 5.57 Å².